The summed E-state index contributed by atoms with van der Waals surface area (Å²) in [7, 11) is -2.42. The van der Waals surface area contributed by atoms with Gasteiger partial charge in [0.15, 0.2) is 0 Å². The highest BCUT2D eigenvalue weighted by molar-refractivity contribution is 7.89. The van der Waals surface area contributed by atoms with Crippen LogP contribution in [0.25, 0.3) is 0 Å². The van der Waals surface area contributed by atoms with Gasteiger partial charge in [-0.15, -0.1) is 0 Å². The van der Waals surface area contributed by atoms with Crippen LogP contribution >= 0.6 is 0 Å². The first-order chi connectivity index (χ1) is 8.95. The topological polar surface area (TPSA) is 130 Å². The Morgan fingerprint density at radius 1 is 1.68 bits per heavy atom. The molecule has 0 aliphatic carbocycles. The summed E-state index contributed by atoms with van der Waals surface area (Å²) in [5.74, 6) is 0.00405. The van der Waals surface area contributed by atoms with E-state index in [4.69, 9.17) is 5.73 Å². The van der Waals surface area contributed by atoms with Gasteiger partial charge in [-0.25, -0.2) is 13.2 Å². The number of aromatic nitrogens is 2. The van der Waals surface area contributed by atoms with Gasteiger partial charge in [0.25, 0.3) is 0 Å². The maximum atomic E-state index is 12.3. The minimum absolute atomic E-state index is 0.00405. The van der Waals surface area contributed by atoms with Crippen LogP contribution < -0.4 is 11.1 Å². The quantitative estimate of drug-likeness (QED) is 0.661. The zero-order valence-corrected chi connectivity index (χ0v) is 11.1. The Morgan fingerprint density at radius 3 is 3.00 bits per heavy atom. The highest BCUT2D eigenvalue weighted by Gasteiger charge is 2.35. The van der Waals surface area contributed by atoms with Gasteiger partial charge in [0, 0.05) is 19.1 Å². The lowest BCUT2D eigenvalue weighted by Gasteiger charge is -2.16. The van der Waals surface area contributed by atoms with E-state index < -0.39 is 16.1 Å². The number of anilines is 1. The molecule has 19 heavy (non-hydrogen) atoms. The smallest absolute Gasteiger partial charge is 0.407 e. The van der Waals surface area contributed by atoms with Crippen molar-refractivity contribution in [3.8, 4) is 0 Å². The number of nitrogen functional groups attached to an aromatic ring is 1. The molecule has 2 heterocycles. The van der Waals surface area contributed by atoms with E-state index in [0.29, 0.717) is 13.0 Å². The number of H-pyrrole nitrogens is 1. The second-order valence-corrected chi connectivity index (χ2v) is 6.04. The molecule has 106 valence electrons. The molecule has 4 N–H and O–H groups in total. The molecule has 0 aromatic carbocycles. The van der Waals surface area contributed by atoms with Crippen LogP contribution in [0.15, 0.2) is 11.1 Å². The van der Waals surface area contributed by atoms with Crippen LogP contribution in [0.3, 0.4) is 0 Å². The Kier molecular flexibility index (Phi) is 3.62. The number of nitrogens with zero attached hydrogens (tertiary/aromatic N) is 2. The predicted octanol–water partition coefficient (Wildman–Crippen LogP) is -0.889. The van der Waals surface area contributed by atoms with Gasteiger partial charge >= 0.3 is 6.09 Å². The van der Waals surface area contributed by atoms with Crippen LogP contribution in [0, 0.1) is 0 Å². The molecule has 0 bridgehead atoms. The van der Waals surface area contributed by atoms with E-state index >= 15 is 0 Å². The van der Waals surface area contributed by atoms with Crippen molar-refractivity contribution in [2.45, 2.75) is 17.4 Å². The summed E-state index contributed by atoms with van der Waals surface area (Å²) in [4.78, 5) is 11.0. The first-order valence-electron chi connectivity index (χ1n) is 5.58. The molecule has 10 heteroatoms. The highest BCUT2D eigenvalue weighted by Crippen LogP contribution is 2.23. The zero-order chi connectivity index (χ0) is 14.0. The molecule has 2 rings (SSSR count). The summed E-state index contributed by atoms with van der Waals surface area (Å²) in [5, 5.41) is 8.55. The number of nitrogens with one attached hydrogen (secondary N) is 2. The highest BCUT2D eigenvalue weighted by atomic mass is 32.2. The Hall–Kier alpha value is -1.81. The van der Waals surface area contributed by atoms with Crippen LogP contribution in [0.4, 0.5) is 10.6 Å². The van der Waals surface area contributed by atoms with E-state index in [9.17, 15) is 13.2 Å². The monoisotopic (exact) mass is 289 g/mol. The molecule has 1 atom stereocenters. The molecule has 1 fully saturated rings. The van der Waals surface area contributed by atoms with Gasteiger partial charge in [0.1, 0.15) is 10.7 Å². The molecule has 0 saturated carbocycles. The van der Waals surface area contributed by atoms with Gasteiger partial charge in [-0.3, -0.25) is 5.10 Å². The van der Waals surface area contributed by atoms with Gasteiger partial charge in [0.2, 0.25) is 10.0 Å². The molecular weight excluding hydrogens is 274 g/mol. The zero-order valence-electron chi connectivity index (χ0n) is 10.3. The third-order valence-electron chi connectivity index (χ3n) is 2.91. The van der Waals surface area contributed by atoms with Crippen LogP contribution in [-0.4, -0.2) is 55.3 Å². The SMILES string of the molecule is COC(=O)NC1CCN(S(=O)(=O)c2cn[nH]c2N)C1. The molecule has 1 aromatic heterocycles. The minimum atomic E-state index is -3.68. The molecule has 0 spiro atoms. The molecule has 1 amide bonds. The van der Waals surface area contributed by atoms with Crippen molar-refractivity contribution in [1.82, 2.24) is 19.8 Å². The van der Waals surface area contributed by atoms with Crippen molar-refractivity contribution in [2.24, 2.45) is 0 Å². The number of rotatable bonds is 3. The summed E-state index contributed by atoms with van der Waals surface area (Å²) in [6.45, 7) is 0.490. The summed E-state index contributed by atoms with van der Waals surface area (Å²) in [5.41, 5.74) is 5.52. The summed E-state index contributed by atoms with van der Waals surface area (Å²) >= 11 is 0. The third kappa shape index (κ3) is 2.63. The van der Waals surface area contributed by atoms with Gasteiger partial charge in [-0.05, 0) is 6.42 Å². The van der Waals surface area contributed by atoms with Crippen molar-refractivity contribution in [2.75, 3.05) is 25.9 Å². The number of carbonyl (C=O) groups is 1. The Morgan fingerprint density at radius 2 is 2.42 bits per heavy atom. The molecule has 1 unspecified atom stereocenters. The minimum Gasteiger partial charge on any atom is -0.453 e. The fourth-order valence-electron chi connectivity index (χ4n) is 1.92. The van der Waals surface area contributed by atoms with Crippen molar-refractivity contribution in [3.63, 3.8) is 0 Å². The number of sulfonamides is 1. The maximum absolute atomic E-state index is 12.3. The van der Waals surface area contributed by atoms with Gasteiger partial charge in [-0.1, -0.05) is 0 Å². The number of amides is 1. The van der Waals surface area contributed by atoms with Crippen molar-refractivity contribution >= 4 is 21.9 Å². The van der Waals surface area contributed by atoms with Gasteiger partial charge < -0.3 is 15.8 Å². The lowest BCUT2D eigenvalue weighted by Crippen LogP contribution is -2.38. The van der Waals surface area contributed by atoms with Crippen molar-refractivity contribution < 1.29 is 17.9 Å². The Labute approximate surface area is 110 Å². The van der Waals surface area contributed by atoms with E-state index in [0.717, 1.165) is 0 Å². The van der Waals surface area contributed by atoms with E-state index in [1.54, 1.807) is 0 Å². The Balaban J connectivity index is 2.09. The lowest BCUT2D eigenvalue weighted by molar-refractivity contribution is 0.167. The second-order valence-electron chi connectivity index (χ2n) is 4.13. The standard InChI is InChI=1S/C9H15N5O4S/c1-18-9(15)12-6-2-3-14(5-6)19(16,17)7-4-11-13-8(7)10/h4,6H,2-3,5H2,1H3,(H,12,15)(H3,10,11,13). The molecule has 9 nitrogen and oxygen atoms in total. The fourth-order valence-corrected chi connectivity index (χ4v) is 3.43. The number of methoxy groups -OCH3 is 1. The second kappa shape index (κ2) is 5.05. The van der Waals surface area contributed by atoms with Gasteiger partial charge in [-0.2, -0.15) is 9.40 Å². The summed E-state index contributed by atoms with van der Waals surface area (Å²) < 4.78 is 30.2. The van der Waals surface area contributed by atoms with E-state index in [1.807, 2.05) is 0 Å². The summed E-state index contributed by atoms with van der Waals surface area (Å²) in [6.07, 6.45) is 1.12. The Bertz CT molecular complexity index is 569. The normalized spacial score (nSPS) is 20.4. The first kappa shape index (κ1) is 13.6. The molecule has 1 saturated heterocycles. The average Bonchev–Trinajstić information content (AvgIpc) is 2.98. The third-order valence-corrected chi connectivity index (χ3v) is 4.80. The largest absolute Gasteiger partial charge is 0.453 e. The van der Waals surface area contributed by atoms with Crippen LogP contribution in [0.2, 0.25) is 0 Å². The molecule has 1 aliphatic heterocycles. The van der Waals surface area contributed by atoms with Crippen LogP contribution in [0.1, 0.15) is 6.42 Å². The number of carbonyl (C=O) groups excluding carboxylic acids is 1. The van der Waals surface area contributed by atoms with Crippen molar-refractivity contribution in [3.05, 3.63) is 6.20 Å². The molecule has 1 aromatic rings. The number of ether oxygens (including phenoxy) is 1. The number of aromatic amines is 1. The van der Waals surface area contributed by atoms with Gasteiger partial charge in [0.05, 0.1) is 13.3 Å². The van der Waals surface area contributed by atoms with Crippen LogP contribution in [-0.2, 0) is 14.8 Å². The molecule has 0 radical (unpaired) electrons. The number of hydrogen-bond donors (Lipinski definition) is 3. The van der Waals surface area contributed by atoms with Crippen molar-refractivity contribution in [1.29, 1.82) is 0 Å². The lowest BCUT2D eigenvalue weighted by atomic mass is 10.3. The first-order valence-corrected chi connectivity index (χ1v) is 7.02. The van der Waals surface area contributed by atoms with Crippen LogP contribution in [0.5, 0.6) is 0 Å². The molecular formula is C9H15N5O4S. The predicted molar refractivity (Wildman–Crippen MR) is 65.7 cm³/mol. The maximum Gasteiger partial charge on any atom is 0.407 e. The number of hydrogen-bond acceptors (Lipinski definition) is 6. The number of nitrogens with two attached hydrogens (primary N) is 1. The summed E-state index contributed by atoms with van der Waals surface area (Å²) in [6, 6.07) is -0.268. The average molecular weight is 289 g/mol. The van der Waals surface area contributed by atoms with E-state index in [-0.39, 0.29) is 23.3 Å². The van der Waals surface area contributed by atoms with E-state index in [1.165, 1.54) is 17.6 Å². The van der Waals surface area contributed by atoms with E-state index in [2.05, 4.69) is 20.3 Å². The molecule has 1 aliphatic rings. The number of alkyl carbamates (subject to hydrolysis) is 1. The fraction of sp³-hybridized carbons (Fsp3) is 0.556.